The number of rotatable bonds is 8. The molecule has 146 valence electrons. The van der Waals surface area contributed by atoms with E-state index in [1.165, 1.54) is 18.3 Å². The number of aliphatic hydroxyl groups is 2. The van der Waals surface area contributed by atoms with Crippen LogP contribution in [0.4, 0.5) is 14.6 Å². The number of aromatic nitrogens is 4. The highest BCUT2D eigenvalue weighted by atomic mass is 19.1. The van der Waals surface area contributed by atoms with E-state index in [9.17, 15) is 18.4 Å². The topological polar surface area (TPSA) is 139 Å². The van der Waals surface area contributed by atoms with Crippen LogP contribution in [0.5, 0.6) is 0 Å². The molecule has 27 heavy (non-hydrogen) atoms. The molecule has 0 aliphatic carbocycles. The van der Waals surface area contributed by atoms with E-state index in [2.05, 4.69) is 20.3 Å². The second kappa shape index (κ2) is 9.21. The number of halogens is 2. The molecule has 2 heterocycles. The number of hydrogen-bond donors (Lipinski definition) is 3. The molecule has 0 saturated carbocycles. The Balaban J connectivity index is 2.16. The Bertz CT molecular complexity index is 847. The molecular formula is C15H17F2N5O5. The van der Waals surface area contributed by atoms with Gasteiger partial charge in [-0.05, 0) is 19.1 Å². The fourth-order valence-corrected chi connectivity index (χ4v) is 2.04. The van der Waals surface area contributed by atoms with Crippen molar-refractivity contribution in [2.45, 2.75) is 25.6 Å². The van der Waals surface area contributed by atoms with Gasteiger partial charge in [-0.15, -0.1) is 0 Å². The standard InChI is InChI=1S/C15H17F2N5O5/c1-8-18-4-2-9(19-8)14(25)20-11-3-5-22(15(26)21-11)12(6-16)27-10(7-23)13(17)24/h2-5,10,12-13,23-24H,6-7H2,1H3,(H,20,21,25,26)/t10-,12-,13-/m1/s1. The molecule has 10 nitrogen and oxygen atoms in total. The quantitative estimate of drug-likeness (QED) is 0.564. The highest BCUT2D eigenvalue weighted by Crippen LogP contribution is 2.14. The Labute approximate surface area is 151 Å². The highest BCUT2D eigenvalue weighted by Gasteiger charge is 2.25. The summed E-state index contributed by atoms with van der Waals surface area (Å²) in [5, 5.41) is 20.1. The van der Waals surface area contributed by atoms with Crippen molar-refractivity contribution in [1.82, 2.24) is 19.5 Å². The van der Waals surface area contributed by atoms with Gasteiger partial charge in [0, 0.05) is 12.4 Å². The Morgan fingerprint density at radius 3 is 2.70 bits per heavy atom. The summed E-state index contributed by atoms with van der Waals surface area (Å²) >= 11 is 0. The number of aryl methyl sites for hydroxylation is 1. The largest absolute Gasteiger partial charge is 0.393 e. The van der Waals surface area contributed by atoms with Gasteiger partial charge in [-0.25, -0.2) is 23.5 Å². The molecule has 0 bridgehead atoms. The van der Waals surface area contributed by atoms with Crippen LogP contribution < -0.4 is 11.0 Å². The van der Waals surface area contributed by atoms with Crippen molar-refractivity contribution in [1.29, 1.82) is 0 Å². The van der Waals surface area contributed by atoms with Gasteiger partial charge in [-0.2, -0.15) is 4.98 Å². The first-order valence-corrected chi connectivity index (χ1v) is 7.70. The van der Waals surface area contributed by atoms with Crippen molar-refractivity contribution in [3.63, 3.8) is 0 Å². The van der Waals surface area contributed by atoms with Gasteiger partial charge >= 0.3 is 5.69 Å². The zero-order valence-electron chi connectivity index (χ0n) is 14.1. The van der Waals surface area contributed by atoms with Gasteiger partial charge in [0.25, 0.3) is 5.91 Å². The van der Waals surface area contributed by atoms with E-state index in [4.69, 9.17) is 14.9 Å². The third-order valence-corrected chi connectivity index (χ3v) is 3.34. The molecule has 0 aliphatic rings. The number of anilines is 1. The lowest BCUT2D eigenvalue weighted by atomic mass is 10.3. The van der Waals surface area contributed by atoms with Crippen LogP contribution in [0.3, 0.4) is 0 Å². The molecule has 2 aromatic heterocycles. The molecule has 0 unspecified atom stereocenters. The molecule has 0 saturated heterocycles. The zero-order chi connectivity index (χ0) is 20.0. The average molecular weight is 385 g/mol. The van der Waals surface area contributed by atoms with E-state index in [1.807, 2.05) is 0 Å². The summed E-state index contributed by atoms with van der Waals surface area (Å²) in [5.41, 5.74) is -0.944. The normalized spacial score (nSPS) is 14.4. The lowest BCUT2D eigenvalue weighted by Crippen LogP contribution is -2.37. The van der Waals surface area contributed by atoms with Crippen LogP contribution in [0.2, 0.25) is 0 Å². The van der Waals surface area contributed by atoms with E-state index < -0.39 is 43.6 Å². The molecule has 2 aromatic rings. The van der Waals surface area contributed by atoms with Crippen molar-refractivity contribution in [2.24, 2.45) is 0 Å². The van der Waals surface area contributed by atoms with Gasteiger partial charge in [-0.1, -0.05) is 0 Å². The van der Waals surface area contributed by atoms with Crippen molar-refractivity contribution in [3.05, 3.63) is 46.5 Å². The lowest BCUT2D eigenvalue weighted by molar-refractivity contribution is -0.165. The fourth-order valence-electron chi connectivity index (χ4n) is 2.04. The summed E-state index contributed by atoms with van der Waals surface area (Å²) in [5.74, 6) is -0.383. The Hall–Kier alpha value is -2.83. The smallest absolute Gasteiger partial charge is 0.351 e. The summed E-state index contributed by atoms with van der Waals surface area (Å²) in [6.07, 6.45) is -3.47. The summed E-state index contributed by atoms with van der Waals surface area (Å²) in [6.45, 7) is -0.582. The predicted molar refractivity (Wildman–Crippen MR) is 87.3 cm³/mol. The predicted octanol–water partition coefficient (Wildman–Crippen LogP) is -0.272. The van der Waals surface area contributed by atoms with E-state index in [0.717, 1.165) is 6.20 Å². The van der Waals surface area contributed by atoms with Gasteiger partial charge < -0.3 is 20.3 Å². The van der Waals surface area contributed by atoms with Crippen LogP contribution in [0.15, 0.2) is 29.3 Å². The SMILES string of the molecule is Cc1nccc(C(=O)Nc2ccn([C@@H](CF)O[C@H](CO)[C@@H](O)F)c(=O)n2)n1. The second-order valence-electron chi connectivity index (χ2n) is 5.28. The molecule has 0 spiro atoms. The minimum Gasteiger partial charge on any atom is -0.393 e. The summed E-state index contributed by atoms with van der Waals surface area (Å²) in [7, 11) is 0. The third-order valence-electron chi connectivity index (χ3n) is 3.34. The van der Waals surface area contributed by atoms with Crippen LogP contribution in [0.1, 0.15) is 22.5 Å². The van der Waals surface area contributed by atoms with Crippen LogP contribution in [0.25, 0.3) is 0 Å². The Kier molecular flexibility index (Phi) is 6.98. The fraction of sp³-hybridized carbons (Fsp3) is 0.400. The summed E-state index contributed by atoms with van der Waals surface area (Å²) in [6, 6.07) is 2.56. The van der Waals surface area contributed by atoms with Gasteiger partial charge in [0.05, 0.1) is 6.61 Å². The van der Waals surface area contributed by atoms with E-state index in [0.29, 0.717) is 10.4 Å². The van der Waals surface area contributed by atoms with Gasteiger partial charge in [0.15, 0.2) is 6.23 Å². The molecule has 0 aliphatic heterocycles. The van der Waals surface area contributed by atoms with E-state index in [1.54, 1.807) is 6.92 Å². The second-order valence-corrected chi connectivity index (χ2v) is 5.28. The molecule has 0 aromatic carbocycles. The lowest BCUT2D eigenvalue weighted by Gasteiger charge is -2.23. The third kappa shape index (κ3) is 5.32. The molecule has 3 atom stereocenters. The minimum atomic E-state index is -2.57. The van der Waals surface area contributed by atoms with E-state index in [-0.39, 0.29) is 11.5 Å². The molecule has 3 N–H and O–H groups in total. The molecule has 0 radical (unpaired) electrons. The highest BCUT2D eigenvalue weighted by molar-refractivity contribution is 6.02. The number of nitrogens with zero attached hydrogens (tertiary/aromatic N) is 4. The van der Waals surface area contributed by atoms with Crippen molar-refractivity contribution in [3.8, 4) is 0 Å². The Morgan fingerprint density at radius 2 is 2.15 bits per heavy atom. The summed E-state index contributed by atoms with van der Waals surface area (Å²) in [4.78, 5) is 35.5. The zero-order valence-corrected chi connectivity index (χ0v) is 14.1. The van der Waals surface area contributed by atoms with Crippen LogP contribution in [-0.2, 0) is 4.74 Å². The van der Waals surface area contributed by atoms with Crippen LogP contribution in [-0.4, -0.2) is 61.4 Å². The number of carbonyl (C=O) groups is 1. The number of amides is 1. The number of alkyl halides is 2. The molecule has 1 amide bonds. The molecule has 0 fully saturated rings. The maximum atomic E-state index is 13.2. The number of nitrogens with one attached hydrogen (secondary N) is 1. The number of carbonyl (C=O) groups excluding carboxylic acids is 1. The minimum absolute atomic E-state index is 0.0566. The Morgan fingerprint density at radius 1 is 1.41 bits per heavy atom. The van der Waals surface area contributed by atoms with Crippen LogP contribution in [0, 0.1) is 6.92 Å². The molecule has 12 heteroatoms. The van der Waals surface area contributed by atoms with Crippen molar-refractivity contribution in [2.75, 3.05) is 18.6 Å². The number of ether oxygens (including phenoxy) is 1. The van der Waals surface area contributed by atoms with Gasteiger partial charge in [-0.3, -0.25) is 9.36 Å². The number of aliphatic hydroxyl groups excluding tert-OH is 2. The van der Waals surface area contributed by atoms with Crippen LogP contribution >= 0.6 is 0 Å². The van der Waals surface area contributed by atoms with Crippen molar-refractivity contribution >= 4 is 11.7 Å². The van der Waals surface area contributed by atoms with E-state index >= 15 is 0 Å². The maximum absolute atomic E-state index is 13.2. The summed E-state index contributed by atoms with van der Waals surface area (Å²) < 4.78 is 31.6. The molecule has 2 rings (SSSR count). The molecular weight excluding hydrogens is 368 g/mol. The average Bonchev–Trinajstić information content (AvgIpc) is 2.63. The first kappa shape index (κ1) is 20.5. The first-order valence-electron chi connectivity index (χ1n) is 7.70. The van der Waals surface area contributed by atoms with Crippen molar-refractivity contribution < 1.29 is 28.5 Å². The van der Waals surface area contributed by atoms with Gasteiger partial charge in [0.1, 0.15) is 30.1 Å². The number of hydrogen-bond acceptors (Lipinski definition) is 8. The monoisotopic (exact) mass is 385 g/mol. The first-order chi connectivity index (χ1) is 12.8. The van der Waals surface area contributed by atoms with Gasteiger partial charge in [0.2, 0.25) is 6.36 Å². The maximum Gasteiger partial charge on any atom is 0.351 e.